The standard InChI is InChI=1S/C12H16FNO/c1-4-14-12(15)10-6-5-9(8(2)3)7-11(10)13/h5-8H,4H2,1-3H3,(H,14,15). The highest BCUT2D eigenvalue weighted by Gasteiger charge is 2.11. The molecule has 15 heavy (non-hydrogen) atoms. The second-order valence-electron chi connectivity index (χ2n) is 3.75. The van der Waals surface area contributed by atoms with Gasteiger partial charge in [0, 0.05) is 6.54 Å². The smallest absolute Gasteiger partial charge is 0.254 e. The van der Waals surface area contributed by atoms with Crippen LogP contribution in [0, 0.1) is 5.82 Å². The molecule has 0 radical (unpaired) electrons. The number of amides is 1. The lowest BCUT2D eigenvalue weighted by atomic mass is 10.0. The molecule has 1 aromatic rings. The van der Waals surface area contributed by atoms with Gasteiger partial charge in [-0.2, -0.15) is 0 Å². The minimum absolute atomic E-state index is 0.112. The zero-order valence-corrected chi connectivity index (χ0v) is 9.30. The highest BCUT2D eigenvalue weighted by atomic mass is 19.1. The fourth-order valence-corrected chi connectivity index (χ4v) is 1.33. The van der Waals surface area contributed by atoms with Crippen LogP contribution in [-0.4, -0.2) is 12.5 Å². The Morgan fingerprint density at radius 1 is 1.47 bits per heavy atom. The Morgan fingerprint density at radius 3 is 2.60 bits per heavy atom. The van der Waals surface area contributed by atoms with E-state index in [2.05, 4.69) is 5.32 Å². The van der Waals surface area contributed by atoms with Gasteiger partial charge >= 0.3 is 0 Å². The zero-order valence-electron chi connectivity index (χ0n) is 9.30. The molecule has 0 unspecified atom stereocenters. The summed E-state index contributed by atoms with van der Waals surface area (Å²) < 4.78 is 13.5. The van der Waals surface area contributed by atoms with E-state index in [0.29, 0.717) is 6.54 Å². The number of hydrogen-bond acceptors (Lipinski definition) is 1. The van der Waals surface area contributed by atoms with Crippen LogP contribution >= 0.6 is 0 Å². The van der Waals surface area contributed by atoms with Gasteiger partial charge in [-0.05, 0) is 30.5 Å². The molecule has 1 amide bonds. The van der Waals surface area contributed by atoms with Crippen molar-refractivity contribution in [1.82, 2.24) is 5.32 Å². The Labute approximate surface area is 89.5 Å². The lowest BCUT2D eigenvalue weighted by Crippen LogP contribution is -2.23. The lowest BCUT2D eigenvalue weighted by Gasteiger charge is -2.08. The van der Waals surface area contributed by atoms with Crippen molar-refractivity contribution in [3.63, 3.8) is 0 Å². The van der Waals surface area contributed by atoms with Crippen molar-refractivity contribution in [1.29, 1.82) is 0 Å². The van der Waals surface area contributed by atoms with E-state index in [1.165, 1.54) is 12.1 Å². The summed E-state index contributed by atoms with van der Waals surface area (Å²) >= 11 is 0. The van der Waals surface area contributed by atoms with E-state index >= 15 is 0 Å². The molecule has 0 heterocycles. The first-order valence-corrected chi connectivity index (χ1v) is 5.14. The fraction of sp³-hybridized carbons (Fsp3) is 0.417. The Hall–Kier alpha value is -1.38. The molecule has 0 saturated carbocycles. The Kier molecular flexibility index (Phi) is 3.83. The maximum Gasteiger partial charge on any atom is 0.254 e. The molecule has 2 nitrogen and oxygen atoms in total. The molecule has 0 fully saturated rings. The van der Waals surface area contributed by atoms with Gasteiger partial charge in [0.15, 0.2) is 0 Å². The molecule has 1 aromatic carbocycles. The molecule has 0 aromatic heterocycles. The predicted octanol–water partition coefficient (Wildman–Crippen LogP) is 2.70. The van der Waals surface area contributed by atoms with Gasteiger partial charge in [0.2, 0.25) is 0 Å². The van der Waals surface area contributed by atoms with E-state index in [-0.39, 0.29) is 17.4 Å². The molecule has 0 bridgehead atoms. The number of carbonyl (C=O) groups is 1. The van der Waals surface area contributed by atoms with E-state index in [0.717, 1.165) is 5.56 Å². The van der Waals surface area contributed by atoms with Crippen LogP contribution in [0.4, 0.5) is 4.39 Å². The maximum absolute atomic E-state index is 13.5. The maximum atomic E-state index is 13.5. The van der Waals surface area contributed by atoms with Crippen molar-refractivity contribution >= 4 is 5.91 Å². The lowest BCUT2D eigenvalue weighted by molar-refractivity contribution is 0.0952. The highest BCUT2D eigenvalue weighted by Crippen LogP contribution is 2.17. The Balaban J connectivity index is 2.98. The van der Waals surface area contributed by atoms with Crippen LogP contribution in [0.2, 0.25) is 0 Å². The summed E-state index contributed by atoms with van der Waals surface area (Å²) in [6.45, 7) is 6.28. The minimum Gasteiger partial charge on any atom is -0.352 e. The van der Waals surface area contributed by atoms with Crippen LogP contribution < -0.4 is 5.32 Å². The first-order valence-electron chi connectivity index (χ1n) is 5.14. The SMILES string of the molecule is CCNC(=O)c1ccc(C(C)C)cc1F. The molecule has 82 valence electrons. The number of halogens is 1. The molecule has 0 aliphatic rings. The van der Waals surface area contributed by atoms with Crippen LogP contribution in [0.25, 0.3) is 0 Å². The topological polar surface area (TPSA) is 29.1 Å². The van der Waals surface area contributed by atoms with E-state index in [9.17, 15) is 9.18 Å². The van der Waals surface area contributed by atoms with Crippen molar-refractivity contribution in [3.05, 3.63) is 35.1 Å². The molecule has 0 aliphatic carbocycles. The van der Waals surface area contributed by atoms with Gasteiger partial charge < -0.3 is 5.32 Å². The number of benzene rings is 1. The van der Waals surface area contributed by atoms with Gasteiger partial charge in [-0.1, -0.05) is 19.9 Å². The van der Waals surface area contributed by atoms with Gasteiger partial charge in [-0.3, -0.25) is 4.79 Å². The molecular weight excluding hydrogens is 193 g/mol. The van der Waals surface area contributed by atoms with E-state index < -0.39 is 5.82 Å². The number of hydrogen-bond donors (Lipinski definition) is 1. The summed E-state index contributed by atoms with van der Waals surface area (Å²) in [5, 5.41) is 2.57. The summed E-state index contributed by atoms with van der Waals surface area (Å²) in [7, 11) is 0. The van der Waals surface area contributed by atoms with Crippen molar-refractivity contribution in [3.8, 4) is 0 Å². The number of rotatable bonds is 3. The Bertz CT molecular complexity index is 361. The molecule has 1 rings (SSSR count). The first-order chi connectivity index (χ1) is 7.06. The molecule has 3 heteroatoms. The second kappa shape index (κ2) is 4.91. The molecule has 0 saturated heterocycles. The summed E-state index contributed by atoms with van der Waals surface area (Å²) in [6.07, 6.45) is 0. The van der Waals surface area contributed by atoms with Crippen molar-refractivity contribution in [2.24, 2.45) is 0 Å². The van der Waals surface area contributed by atoms with Gasteiger partial charge in [0.25, 0.3) is 5.91 Å². The molecular formula is C12H16FNO. The molecule has 0 spiro atoms. The summed E-state index contributed by atoms with van der Waals surface area (Å²) in [5.74, 6) is -0.541. The van der Waals surface area contributed by atoms with Crippen LogP contribution in [0.15, 0.2) is 18.2 Å². The van der Waals surface area contributed by atoms with E-state index in [4.69, 9.17) is 0 Å². The normalized spacial score (nSPS) is 10.5. The summed E-state index contributed by atoms with van der Waals surface area (Å²) in [4.78, 5) is 11.4. The fourth-order valence-electron chi connectivity index (χ4n) is 1.33. The third kappa shape index (κ3) is 2.78. The van der Waals surface area contributed by atoms with Gasteiger partial charge in [0.1, 0.15) is 5.82 Å². The van der Waals surface area contributed by atoms with Gasteiger partial charge in [0.05, 0.1) is 5.56 Å². The molecule has 1 N–H and O–H groups in total. The van der Waals surface area contributed by atoms with Crippen molar-refractivity contribution in [2.45, 2.75) is 26.7 Å². The number of carbonyl (C=O) groups excluding carboxylic acids is 1. The average molecular weight is 209 g/mol. The largest absolute Gasteiger partial charge is 0.352 e. The zero-order chi connectivity index (χ0) is 11.4. The summed E-state index contributed by atoms with van der Waals surface area (Å²) in [6, 6.07) is 4.75. The van der Waals surface area contributed by atoms with Crippen LogP contribution in [0.1, 0.15) is 42.6 Å². The second-order valence-corrected chi connectivity index (χ2v) is 3.75. The first kappa shape index (κ1) is 11.7. The quantitative estimate of drug-likeness (QED) is 0.814. The predicted molar refractivity (Wildman–Crippen MR) is 58.5 cm³/mol. The van der Waals surface area contributed by atoms with Crippen LogP contribution in [0.3, 0.4) is 0 Å². The minimum atomic E-state index is -0.452. The number of nitrogens with one attached hydrogen (secondary N) is 1. The average Bonchev–Trinajstić information content (AvgIpc) is 2.17. The van der Waals surface area contributed by atoms with Crippen molar-refractivity contribution in [2.75, 3.05) is 6.54 Å². The van der Waals surface area contributed by atoms with E-state index in [1.54, 1.807) is 13.0 Å². The van der Waals surface area contributed by atoms with Crippen LogP contribution in [-0.2, 0) is 0 Å². The summed E-state index contributed by atoms with van der Waals surface area (Å²) in [5.41, 5.74) is 1.02. The van der Waals surface area contributed by atoms with Crippen molar-refractivity contribution < 1.29 is 9.18 Å². The highest BCUT2D eigenvalue weighted by molar-refractivity contribution is 5.94. The Morgan fingerprint density at radius 2 is 2.13 bits per heavy atom. The van der Waals surface area contributed by atoms with Gasteiger partial charge in [-0.25, -0.2) is 4.39 Å². The van der Waals surface area contributed by atoms with E-state index in [1.807, 2.05) is 13.8 Å². The third-order valence-corrected chi connectivity index (χ3v) is 2.24. The molecule has 0 aliphatic heterocycles. The monoisotopic (exact) mass is 209 g/mol. The molecule has 0 atom stereocenters. The van der Waals surface area contributed by atoms with Crippen LogP contribution in [0.5, 0.6) is 0 Å². The third-order valence-electron chi connectivity index (χ3n) is 2.24. The van der Waals surface area contributed by atoms with Gasteiger partial charge in [-0.15, -0.1) is 0 Å².